The van der Waals surface area contributed by atoms with Crippen LogP contribution in [-0.4, -0.2) is 22.2 Å². The van der Waals surface area contributed by atoms with Gasteiger partial charge in [-0.1, -0.05) is 12.1 Å². The first-order valence-corrected chi connectivity index (χ1v) is 7.88. The van der Waals surface area contributed by atoms with Gasteiger partial charge in [0.1, 0.15) is 11.5 Å². The van der Waals surface area contributed by atoms with Crippen molar-refractivity contribution < 1.29 is 18.4 Å². The molecule has 0 atom stereocenters. The maximum absolute atomic E-state index is 13.6. The molecule has 0 spiro atoms. The van der Waals surface area contributed by atoms with Crippen molar-refractivity contribution in [3.63, 3.8) is 0 Å². The molecule has 0 saturated heterocycles. The van der Waals surface area contributed by atoms with E-state index in [1.165, 1.54) is 24.4 Å². The minimum atomic E-state index is -1.00. The first kappa shape index (κ1) is 18.7. The number of nitrogens with one attached hydrogen (secondary N) is 1. The first-order valence-electron chi connectivity index (χ1n) is 7.88. The summed E-state index contributed by atoms with van der Waals surface area (Å²) >= 11 is 0. The van der Waals surface area contributed by atoms with Crippen molar-refractivity contribution in [2.75, 3.05) is 0 Å². The average Bonchev–Trinajstić information content (AvgIpc) is 2.50. The molecule has 1 amide bonds. The van der Waals surface area contributed by atoms with Gasteiger partial charge in [-0.25, -0.2) is 8.78 Å². The van der Waals surface area contributed by atoms with Gasteiger partial charge in [-0.05, 0) is 50.1 Å². The highest BCUT2D eigenvalue weighted by Crippen LogP contribution is 2.14. The summed E-state index contributed by atoms with van der Waals surface area (Å²) in [5, 5.41) is 2.79. The Balaban J connectivity index is 2.07. The fourth-order valence-corrected chi connectivity index (χ4v) is 2.30. The lowest BCUT2D eigenvalue weighted by atomic mass is 10.0. The van der Waals surface area contributed by atoms with Crippen molar-refractivity contribution in [3.8, 4) is 0 Å². The van der Waals surface area contributed by atoms with Gasteiger partial charge in [0.25, 0.3) is 5.91 Å². The van der Waals surface area contributed by atoms with Gasteiger partial charge < -0.3 is 5.32 Å². The summed E-state index contributed by atoms with van der Waals surface area (Å²) in [4.78, 5) is 28.3. The summed E-state index contributed by atoms with van der Waals surface area (Å²) in [7, 11) is 0. The zero-order valence-electron chi connectivity index (χ0n) is 14.4. The van der Waals surface area contributed by atoms with Gasteiger partial charge in [-0.3, -0.25) is 14.6 Å². The van der Waals surface area contributed by atoms with Crippen LogP contribution in [0.2, 0.25) is 0 Å². The third-order valence-electron chi connectivity index (χ3n) is 3.37. The molecule has 0 radical (unpaired) electrons. The lowest BCUT2D eigenvalue weighted by molar-refractivity contribution is -0.117. The fraction of sp³-hybridized carbons (Fsp3) is 0.316. The number of halogens is 2. The summed E-state index contributed by atoms with van der Waals surface area (Å²) in [6.07, 6.45) is 1.24. The molecule has 1 aromatic carbocycles. The van der Waals surface area contributed by atoms with Crippen LogP contribution in [0.5, 0.6) is 0 Å². The van der Waals surface area contributed by atoms with Crippen LogP contribution >= 0.6 is 0 Å². The highest BCUT2D eigenvalue weighted by Gasteiger charge is 2.17. The zero-order chi connectivity index (χ0) is 18.6. The molecule has 25 heavy (non-hydrogen) atoms. The Kier molecular flexibility index (Phi) is 5.62. The summed E-state index contributed by atoms with van der Waals surface area (Å²) in [5.74, 6) is -2.60. The van der Waals surface area contributed by atoms with Gasteiger partial charge in [0, 0.05) is 24.6 Å². The molecule has 132 valence electrons. The molecule has 0 aliphatic carbocycles. The van der Waals surface area contributed by atoms with Crippen molar-refractivity contribution in [1.82, 2.24) is 10.3 Å². The number of benzene rings is 1. The largest absolute Gasteiger partial charge is 0.346 e. The normalized spacial score (nSPS) is 11.2. The number of carbonyl (C=O) groups is 2. The van der Waals surface area contributed by atoms with Crippen LogP contribution in [0.4, 0.5) is 8.78 Å². The Morgan fingerprint density at radius 3 is 2.52 bits per heavy atom. The molecular weight excluding hydrogens is 326 g/mol. The first-order chi connectivity index (χ1) is 11.7. The Morgan fingerprint density at radius 1 is 1.12 bits per heavy atom. The summed E-state index contributed by atoms with van der Waals surface area (Å²) in [6, 6.07) is 6.90. The SMILES string of the molecule is CC(C)(C)NC(=O)c1cc(CC(=O)Cc2cccc(F)c2F)ccn1. The monoisotopic (exact) mass is 346 g/mol. The third-order valence-corrected chi connectivity index (χ3v) is 3.37. The molecule has 2 aromatic rings. The quantitative estimate of drug-likeness (QED) is 0.904. The van der Waals surface area contributed by atoms with Crippen molar-refractivity contribution >= 4 is 11.7 Å². The highest BCUT2D eigenvalue weighted by atomic mass is 19.2. The predicted octanol–water partition coefficient (Wildman–Crippen LogP) is 3.24. The molecule has 0 fully saturated rings. The van der Waals surface area contributed by atoms with Crippen LogP contribution in [-0.2, 0) is 17.6 Å². The Morgan fingerprint density at radius 2 is 1.84 bits per heavy atom. The van der Waals surface area contributed by atoms with Crippen LogP contribution < -0.4 is 5.32 Å². The molecule has 1 heterocycles. The summed E-state index contributed by atoms with van der Waals surface area (Å²) in [5.41, 5.74) is 0.414. The number of hydrogen-bond acceptors (Lipinski definition) is 3. The number of amides is 1. The molecule has 6 heteroatoms. The smallest absolute Gasteiger partial charge is 0.270 e. The lowest BCUT2D eigenvalue weighted by Crippen LogP contribution is -2.40. The van der Waals surface area contributed by atoms with E-state index >= 15 is 0 Å². The number of aromatic nitrogens is 1. The van der Waals surface area contributed by atoms with Gasteiger partial charge in [0.15, 0.2) is 11.6 Å². The molecule has 0 aliphatic rings. The second kappa shape index (κ2) is 7.51. The van der Waals surface area contributed by atoms with E-state index < -0.39 is 17.2 Å². The van der Waals surface area contributed by atoms with E-state index in [4.69, 9.17) is 0 Å². The van der Waals surface area contributed by atoms with Gasteiger partial charge in [0.05, 0.1) is 0 Å². The van der Waals surface area contributed by atoms with Crippen LogP contribution in [0, 0.1) is 11.6 Å². The van der Waals surface area contributed by atoms with E-state index in [1.54, 1.807) is 6.07 Å². The molecule has 0 bridgehead atoms. The minimum absolute atomic E-state index is 0.00821. The summed E-state index contributed by atoms with van der Waals surface area (Å²) in [6.45, 7) is 5.56. The number of pyridine rings is 1. The van der Waals surface area contributed by atoms with E-state index in [1.807, 2.05) is 20.8 Å². The maximum atomic E-state index is 13.6. The Labute approximate surface area is 145 Å². The van der Waals surface area contributed by atoms with Crippen molar-refractivity contribution in [2.45, 2.75) is 39.2 Å². The average molecular weight is 346 g/mol. The number of Topliss-reactive ketones (excluding diaryl/α,β-unsaturated/α-hetero) is 1. The Bertz CT molecular complexity index is 798. The predicted molar refractivity (Wildman–Crippen MR) is 90.2 cm³/mol. The minimum Gasteiger partial charge on any atom is -0.346 e. The number of hydrogen-bond donors (Lipinski definition) is 1. The molecule has 0 aliphatic heterocycles. The lowest BCUT2D eigenvalue weighted by Gasteiger charge is -2.20. The van der Waals surface area contributed by atoms with E-state index in [2.05, 4.69) is 10.3 Å². The van der Waals surface area contributed by atoms with Crippen LogP contribution in [0.1, 0.15) is 42.4 Å². The van der Waals surface area contributed by atoms with E-state index in [-0.39, 0.29) is 35.8 Å². The van der Waals surface area contributed by atoms with E-state index in [0.717, 1.165) is 6.07 Å². The number of rotatable bonds is 5. The Hall–Kier alpha value is -2.63. The van der Waals surface area contributed by atoms with Crippen molar-refractivity contribution in [3.05, 3.63) is 65.0 Å². The second-order valence-electron chi connectivity index (χ2n) is 6.86. The maximum Gasteiger partial charge on any atom is 0.270 e. The number of ketones is 1. The second-order valence-corrected chi connectivity index (χ2v) is 6.86. The van der Waals surface area contributed by atoms with Gasteiger partial charge in [-0.2, -0.15) is 0 Å². The molecule has 2 rings (SSSR count). The van der Waals surface area contributed by atoms with E-state index in [0.29, 0.717) is 5.56 Å². The van der Waals surface area contributed by atoms with Gasteiger partial charge >= 0.3 is 0 Å². The molecule has 0 unspecified atom stereocenters. The van der Waals surface area contributed by atoms with Crippen LogP contribution in [0.3, 0.4) is 0 Å². The van der Waals surface area contributed by atoms with E-state index in [9.17, 15) is 18.4 Å². The standard InChI is InChI=1S/C19H20F2N2O2/c1-19(2,3)23-18(25)16-10-12(7-8-22-16)9-14(24)11-13-5-4-6-15(20)17(13)21/h4-8,10H,9,11H2,1-3H3,(H,23,25). The molecule has 0 saturated carbocycles. The molecule has 1 aromatic heterocycles. The van der Waals surface area contributed by atoms with Crippen molar-refractivity contribution in [1.29, 1.82) is 0 Å². The number of carbonyl (C=O) groups excluding carboxylic acids is 2. The molecular formula is C19H20F2N2O2. The molecule has 4 nitrogen and oxygen atoms in total. The third kappa shape index (κ3) is 5.45. The molecule has 1 N–H and O–H groups in total. The van der Waals surface area contributed by atoms with Crippen LogP contribution in [0.15, 0.2) is 36.5 Å². The fourth-order valence-electron chi connectivity index (χ4n) is 2.30. The highest BCUT2D eigenvalue weighted by molar-refractivity contribution is 5.93. The topological polar surface area (TPSA) is 59.1 Å². The van der Waals surface area contributed by atoms with Gasteiger partial charge in [-0.15, -0.1) is 0 Å². The number of nitrogens with zero attached hydrogens (tertiary/aromatic N) is 1. The zero-order valence-corrected chi connectivity index (χ0v) is 14.4. The van der Waals surface area contributed by atoms with Crippen molar-refractivity contribution in [2.24, 2.45) is 0 Å². The van der Waals surface area contributed by atoms with Crippen LogP contribution in [0.25, 0.3) is 0 Å². The van der Waals surface area contributed by atoms with Gasteiger partial charge in [0.2, 0.25) is 0 Å². The summed E-state index contributed by atoms with van der Waals surface area (Å²) < 4.78 is 26.8.